The Morgan fingerprint density at radius 3 is 2.82 bits per heavy atom. The van der Waals surface area contributed by atoms with Gasteiger partial charge in [-0.05, 0) is 15.9 Å². The van der Waals surface area contributed by atoms with Gasteiger partial charge in [-0.1, -0.05) is 0 Å². The highest BCUT2D eigenvalue weighted by Gasteiger charge is 2.05. The molecule has 0 aliphatic carbocycles. The minimum Gasteiger partial charge on any atom is -0.475 e. The summed E-state index contributed by atoms with van der Waals surface area (Å²) in [6.07, 6.45) is 1.14. The Hall–Kier alpha value is -1.17. The van der Waals surface area contributed by atoms with E-state index in [0.29, 0.717) is 0 Å². The maximum absolute atomic E-state index is 10.7. The second-order valence-electron chi connectivity index (χ2n) is 1.71. The summed E-state index contributed by atoms with van der Waals surface area (Å²) in [6, 6.07) is 0. The number of aromatic carboxylic acids is 1. The molecule has 0 unspecified atom stereocenters. The summed E-state index contributed by atoms with van der Waals surface area (Å²) in [6.45, 7) is 0. The van der Waals surface area contributed by atoms with Gasteiger partial charge in [-0.15, -0.1) is 0 Å². The largest absolute Gasteiger partial charge is 0.475 e. The van der Waals surface area contributed by atoms with E-state index in [1.807, 2.05) is 0 Å². The second-order valence-corrected chi connectivity index (χ2v) is 2.57. The van der Waals surface area contributed by atoms with Crippen molar-refractivity contribution in [3.05, 3.63) is 26.8 Å². The zero-order chi connectivity index (χ0) is 8.43. The summed E-state index contributed by atoms with van der Waals surface area (Å²) in [5.41, 5.74) is -0.502. The van der Waals surface area contributed by atoms with Crippen LogP contribution in [0.15, 0.2) is 15.5 Å². The molecule has 0 amide bonds. The molecule has 6 heteroatoms. The molecule has 0 atom stereocenters. The van der Waals surface area contributed by atoms with Crippen LogP contribution in [0.2, 0.25) is 0 Å². The number of carbonyl (C=O) groups is 1. The maximum Gasteiger partial charge on any atom is 0.372 e. The molecule has 1 rings (SSSR count). The zero-order valence-corrected chi connectivity index (χ0v) is 6.75. The summed E-state index contributed by atoms with van der Waals surface area (Å²) < 4.78 is 0.211. The number of hydrogen-bond donors (Lipinski definition) is 2. The van der Waals surface area contributed by atoms with E-state index in [4.69, 9.17) is 5.11 Å². The number of nitrogens with one attached hydrogen (secondary N) is 1. The third-order valence-electron chi connectivity index (χ3n) is 0.958. The molecule has 11 heavy (non-hydrogen) atoms. The fraction of sp³-hybridized carbons (Fsp3) is 0. The van der Waals surface area contributed by atoms with E-state index in [2.05, 4.69) is 25.9 Å². The highest BCUT2D eigenvalue weighted by Crippen LogP contribution is 1.97. The Morgan fingerprint density at radius 1 is 1.73 bits per heavy atom. The van der Waals surface area contributed by atoms with Crippen LogP contribution in [-0.4, -0.2) is 21.0 Å². The molecule has 0 aliphatic rings. The number of aromatic nitrogens is 2. The average molecular weight is 219 g/mol. The van der Waals surface area contributed by atoms with Gasteiger partial charge in [0, 0.05) is 6.20 Å². The van der Waals surface area contributed by atoms with Crippen LogP contribution in [0.1, 0.15) is 10.6 Å². The molecule has 0 aromatic carbocycles. The number of carboxylic acids is 1. The van der Waals surface area contributed by atoms with Crippen molar-refractivity contribution in [3.8, 4) is 0 Å². The number of hydrogen-bond acceptors (Lipinski definition) is 3. The first kappa shape index (κ1) is 7.93. The second kappa shape index (κ2) is 2.83. The van der Waals surface area contributed by atoms with E-state index in [-0.39, 0.29) is 10.3 Å². The Morgan fingerprint density at radius 2 is 2.36 bits per heavy atom. The van der Waals surface area contributed by atoms with E-state index < -0.39 is 11.5 Å². The summed E-state index contributed by atoms with van der Waals surface area (Å²) in [5.74, 6) is -1.62. The molecule has 0 radical (unpaired) electrons. The lowest BCUT2D eigenvalue weighted by atomic mass is 10.5. The highest BCUT2D eigenvalue weighted by atomic mass is 79.9. The third kappa shape index (κ3) is 1.64. The van der Waals surface area contributed by atoms with Crippen molar-refractivity contribution in [2.24, 2.45) is 0 Å². The number of aromatic amines is 1. The maximum atomic E-state index is 10.7. The van der Waals surface area contributed by atoms with Crippen LogP contribution < -0.4 is 5.56 Å². The predicted octanol–water partition coefficient (Wildman–Crippen LogP) is 0.231. The van der Waals surface area contributed by atoms with Crippen LogP contribution in [0.4, 0.5) is 0 Å². The lowest BCUT2D eigenvalue weighted by molar-refractivity contribution is 0.0683. The van der Waals surface area contributed by atoms with E-state index in [0.717, 1.165) is 6.20 Å². The lowest BCUT2D eigenvalue weighted by Crippen LogP contribution is -2.14. The molecular formula is C5H3BrN2O3. The quantitative estimate of drug-likeness (QED) is 0.708. The van der Waals surface area contributed by atoms with Gasteiger partial charge in [-0.2, -0.15) is 0 Å². The van der Waals surface area contributed by atoms with Gasteiger partial charge in [0.1, 0.15) is 4.47 Å². The SMILES string of the molecule is O=C(O)c1ncc(Br)c(=O)[nH]1. The van der Waals surface area contributed by atoms with Crippen LogP contribution in [-0.2, 0) is 0 Å². The van der Waals surface area contributed by atoms with Crippen LogP contribution in [0, 0.1) is 0 Å². The van der Waals surface area contributed by atoms with Gasteiger partial charge in [0.2, 0.25) is 5.82 Å². The van der Waals surface area contributed by atoms with Crippen molar-refractivity contribution in [3.63, 3.8) is 0 Å². The van der Waals surface area contributed by atoms with Crippen LogP contribution in [0.3, 0.4) is 0 Å². The average Bonchev–Trinajstić information content (AvgIpc) is 1.94. The molecule has 0 saturated heterocycles. The summed E-state index contributed by atoms with van der Waals surface area (Å²) >= 11 is 2.88. The van der Waals surface area contributed by atoms with Crippen molar-refractivity contribution in [2.75, 3.05) is 0 Å². The minimum atomic E-state index is -1.26. The molecule has 0 aliphatic heterocycles. The lowest BCUT2D eigenvalue weighted by Gasteiger charge is -1.91. The van der Waals surface area contributed by atoms with Crippen molar-refractivity contribution in [1.82, 2.24) is 9.97 Å². The van der Waals surface area contributed by atoms with Gasteiger partial charge < -0.3 is 5.11 Å². The number of carboxylic acid groups (broad SMARTS) is 1. The Labute approximate surface area is 69.2 Å². The van der Waals surface area contributed by atoms with Crippen LogP contribution in [0.5, 0.6) is 0 Å². The molecule has 0 fully saturated rings. The topological polar surface area (TPSA) is 83.0 Å². The molecule has 5 nitrogen and oxygen atoms in total. The summed E-state index contributed by atoms with van der Waals surface area (Å²) in [7, 11) is 0. The molecule has 1 aromatic rings. The van der Waals surface area contributed by atoms with Gasteiger partial charge in [0.25, 0.3) is 5.56 Å². The van der Waals surface area contributed by atoms with Gasteiger partial charge in [-0.3, -0.25) is 9.78 Å². The monoisotopic (exact) mass is 218 g/mol. The van der Waals surface area contributed by atoms with E-state index in [1.54, 1.807) is 0 Å². The normalized spacial score (nSPS) is 9.55. The first-order valence-electron chi connectivity index (χ1n) is 2.59. The molecule has 58 valence electrons. The fourth-order valence-electron chi connectivity index (χ4n) is 0.488. The van der Waals surface area contributed by atoms with Crippen molar-refractivity contribution in [2.45, 2.75) is 0 Å². The number of nitrogens with zero attached hydrogens (tertiary/aromatic N) is 1. The molecule has 2 N–H and O–H groups in total. The van der Waals surface area contributed by atoms with E-state index >= 15 is 0 Å². The van der Waals surface area contributed by atoms with Crippen molar-refractivity contribution in [1.29, 1.82) is 0 Å². The van der Waals surface area contributed by atoms with Crippen molar-refractivity contribution >= 4 is 21.9 Å². The van der Waals surface area contributed by atoms with Gasteiger partial charge >= 0.3 is 5.97 Å². The molecule has 0 spiro atoms. The van der Waals surface area contributed by atoms with Gasteiger partial charge in [0.15, 0.2) is 0 Å². The van der Waals surface area contributed by atoms with Gasteiger partial charge in [0.05, 0.1) is 0 Å². The minimum absolute atomic E-state index is 0.211. The van der Waals surface area contributed by atoms with Crippen molar-refractivity contribution < 1.29 is 9.90 Å². The zero-order valence-electron chi connectivity index (χ0n) is 5.17. The van der Waals surface area contributed by atoms with E-state index in [1.165, 1.54) is 0 Å². The predicted molar refractivity (Wildman–Crippen MR) is 39.5 cm³/mol. The smallest absolute Gasteiger partial charge is 0.372 e. The number of rotatable bonds is 1. The van der Waals surface area contributed by atoms with Crippen LogP contribution in [0.25, 0.3) is 0 Å². The first-order valence-corrected chi connectivity index (χ1v) is 3.38. The third-order valence-corrected chi connectivity index (χ3v) is 1.52. The molecular weight excluding hydrogens is 216 g/mol. The molecule has 0 saturated carbocycles. The number of H-pyrrole nitrogens is 1. The first-order chi connectivity index (χ1) is 5.11. The van der Waals surface area contributed by atoms with E-state index in [9.17, 15) is 9.59 Å². The fourth-order valence-corrected chi connectivity index (χ4v) is 0.690. The Balaban J connectivity index is 3.26. The molecule has 1 aromatic heterocycles. The van der Waals surface area contributed by atoms with Crippen LogP contribution >= 0.6 is 15.9 Å². The Bertz CT molecular complexity index is 346. The van der Waals surface area contributed by atoms with Gasteiger partial charge in [-0.25, -0.2) is 9.78 Å². The standard InChI is InChI=1S/C5H3BrN2O3/c6-2-1-7-3(5(10)11)8-4(2)9/h1H,(H,10,11)(H,7,8,9). The summed E-state index contributed by atoms with van der Waals surface area (Å²) in [4.78, 5) is 26.5. The molecule has 1 heterocycles. The summed E-state index contributed by atoms with van der Waals surface area (Å²) in [5, 5.41) is 8.35. The highest BCUT2D eigenvalue weighted by molar-refractivity contribution is 9.10. The number of halogens is 1. The Kier molecular flexibility index (Phi) is 2.04. The molecule has 0 bridgehead atoms.